The predicted molar refractivity (Wildman–Crippen MR) is 302 cm³/mol. The van der Waals surface area contributed by atoms with Crippen molar-refractivity contribution >= 4 is 17.9 Å². The van der Waals surface area contributed by atoms with Gasteiger partial charge >= 0.3 is 17.9 Å². The molecule has 0 fully saturated rings. The molecular weight excluding hydrogens is 865 g/mol. The molecule has 0 bridgehead atoms. The average Bonchev–Trinajstić information content (AvgIpc) is 3.36. The van der Waals surface area contributed by atoms with Crippen LogP contribution in [0.3, 0.4) is 0 Å². The van der Waals surface area contributed by atoms with E-state index in [4.69, 9.17) is 14.2 Å². The van der Waals surface area contributed by atoms with Gasteiger partial charge in [-0.3, -0.25) is 14.4 Å². The van der Waals surface area contributed by atoms with Gasteiger partial charge in [-0.05, 0) is 109 Å². The second kappa shape index (κ2) is 57.4. The summed E-state index contributed by atoms with van der Waals surface area (Å²) in [5, 5.41) is 0. The first-order valence-electron chi connectivity index (χ1n) is 28.5. The zero-order valence-corrected chi connectivity index (χ0v) is 45.2. The molecule has 0 aromatic rings. The summed E-state index contributed by atoms with van der Waals surface area (Å²) in [5.41, 5.74) is 0. The maximum atomic E-state index is 12.8. The Morgan fingerprint density at radius 2 is 0.557 bits per heavy atom. The Labute approximate surface area is 431 Å². The standard InChI is InChI=1S/C64H104O6/c1-4-7-10-13-16-19-22-25-27-28-29-30-31-32-33-34-35-36-38-39-42-45-48-51-54-57-63(66)69-60-61(59-68-62(65)56-53-50-47-44-41-24-21-18-15-12-9-6-3)70-64(67)58-55-52-49-46-43-40-37-26-23-20-17-14-11-8-5-2/h7-8,10-11,16-17,19-20,25-27,29-30,32-33,35-37,43,46,61H,4-6,9,12-15,18,21-24,28,31,34,38-42,44-45,47-60H2,1-3H3/b10-7-,11-8-,19-16-,20-17-,27-25-,30-29-,33-32-,36-35-,37-26-,46-43-. The van der Waals surface area contributed by atoms with Crippen LogP contribution in [0.25, 0.3) is 0 Å². The molecule has 0 aliphatic carbocycles. The summed E-state index contributed by atoms with van der Waals surface area (Å²) in [6.07, 6.45) is 79.0. The molecule has 0 aromatic carbocycles. The molecule has 0 saturated heterocycles. The monoisotopic (exact) mass is 969 g/mol. The third kappa shape index (κ3) is 54.7. The normalized spacial score (nSPS) is 13.0. The van der Waals surface area contributed by atoms with Crippen molar-refractivity contribution in [1.29, 1.82) is 0 Å². The van der Waals surface area contributed by atoms with E-state index in [1.165, 1.54) is 70.6 Å². The highest BCUT2D eigenvalue weighted by molar-refractivity contribution is 5.71. The van der Waals surface area contributed by atoms with E-state index in [0.717, 1.165) is 128 Å². The molecule has 0 N–H and O–H groups in total. The van der Waals surface area contributed by atoms with Crippen molar-refractivity contribution in [3.63, 3.8) is 0 Å². The molecular formula is C64H104O6. The quantitative estimate of drug-likeness (QED) is 0.0262. The topological polar surface area (TPSA) is 78.9 Å². The molecule has 0 heterocycles. The fraction of sp³-hybridized carbons (Fsp3) is 0.641. The number of carbonyl (C=O) groups is 3. The van der Waals surface area contributed by atoms with Crippen LogP contribution in [0.4, 0.5) is 0 Å². The highest BCUT2D eigenvalue weighted by Gasteiger charge is 2.19. The van der Waals surface area contributed by atoms with Gasteiger partial charge in [-0.2, -0.15) is 0 Å². The minimum Gasteiger partial charge on any atom is -0.462 e. The van der Waals surface area contributed by atoms with E-state index in [9.17, 15) is 14.4 Å². The Morgan fingerprint density at radius 3 is 0.900 bits per heavy atom. The highest BCUT2D eigenvalue weighted by Crippen LogP contribution is 2.14. The van der Waals surface area contributed by atoms with E-state index in [0.29, 0.717) is 19.3 Å². The number of hydrogen-bond donors (Lipinski definition) is 0. The van der Waals surface area contributed by atoms with Gasteiger partial charge < -0.3 is 14.2 Å². The lowest BCUT2D eigenvalue weighted by atomic mass is 10.0. The van der Waals surface area contributed by atoms with Gasteiger partial charge in [0.15, 0.2) is 6.10 Å². The predicted octanol–water partition coefficient (Wildman–Crippen LogP) is 19.3. The van der Waals surface area contributed by atoms with Gasteiger partial charge in [-0.15, -0.1) is 0 Å². The third-order valence-electron chi connectivity index (χ3n) is 11.7. The first-order valence-corrected chi connectivity index (χ1v) is 28.5. The van der Waals surface area contributed by atoms with E-state index in [2.05, 4.69) is 142 Å². The van der Waals surface area contributed by atoms with Crippen molar-refractivity contribution in [1.82, 2.24) is 0 Å². The van der Waals surface area contributed by atoms with Gasteiger partial charge in [0.1, 0.15) is 13.2 Å². The molecule has 0 rings (SSSR count). The van der Waals surface area contributed by atoms with E-state index in [1.54, 1.807) is 0 Å². The molecule has 70 heavy (non-hydrogen) atoms. The SMILES string of the molecule is CC/C=C\C/C=C\C/C=C\C/C=C\C/C=C\C/C=C\CCCCCCCCC(=O)OCC(COC(=O)CCCCCCCCCCCCCC)OC(=O)CCCC/C=C\C/C=C\C/C=C\C/C=C\CC. The molecule has 0 aromatic heterocycles. The van der Waals surface area contributed by atoms with Gasteiger partial charge in [-0.25, -0.2) is 0 Å². The number of allylic oxidation sites excluding steroid dienone is 20. The molecule has 396 valence electrons. The smallest absolute Gasteiger partial charge is 0.306 e. The zero-order chi connectivity index (χ0) is 50.7. The second-order valence-electron chi connectivity index (χ2n) is 18.4. The Morgan fingerprint density at radius 1 is 0.300 bits per heavy atom. The molecule has 6 heteroatoms. The molecule has 0 saturated carbocycles. The average molecular weight is 970 g/mol. The van der Waals surface area contributed by atoms with Crippen molar-refractivity contribution < 1.29 is 28.6 Å². The van der Waals surface area contributed by atoms with Crippen LogP contribution in [0.15, 0.2) is 122 Å². The highest BCUT2D eigenvalue weighted by atomic mass is 16.6. The summed E-state index contributed by atoms with van der Waals surface area (Å²) in [7, 11) is 0. The molecule has 0 radical (unpaired) electrons. The summed E-state index contributed by atoms with van der Waals surface area (Å²) in [5.74, 6) is -0.960. The van der Waals surface area contributed by atoms with Crippen molar-refractivity contribution in [2.24, 2.45) is 0 Å². The van der Waals surface area contributed by atoms with Crippen LogP contribution in [0, 0.1) is 0 Å². The number of esters is 3. The maximum Gasteiger partial charge on any atom is 0.306 e. The summed E-state index contributed by atoms with van der Waals surface area (Å²) in [6, 6.07) is 0. The number of ether oxygens (including phenoxy) is 3. The van der Waals surface area contributed by atoms with Crippen molar-refractivity contribution in [3.8, 4) is 0 Å². The van der Waals surface area contributed by atoms with Crippen molar-refractivity contribution in [3.05, 3.63) is 122 Å². The number of rotatable bonds is 50. The molecule has 1 unspecified atom stereocenters. The Balaban J connectivity index is 4.41. The van der Waals surface area contributed by atoms with Gasteiger partial charge in [0.25, 0.3) is 0 Å². The number of hydrogen-bond acceptors (Lipinski definition) is 6. The first-order chi connectivity index (χ1) is 34.5. The van der Waals surface area contributed by atoms with Gasteiger partial charge in [0.2, 0.25) is 0 Å². The van der Waals surface area contributed by atoms with Crippen LogP contribution in [0.1, 0.15) is 245 Å². The Kier molecular flexibility index (Phi) is 54.0. The minimum atomic E-state index is -0.808. The largest absolute Gasteiger partial charge is 0.462 e. The van der Waals surface area contributed by atoms with Crippen LogP contribution in [0.5, 0.6) is 0 Å². The first kappa shape index (κ1) is 65.8. The second-order valence-corrected chi connectivity index (χ2v) is 18.4. The zero-order valence-electron chi connectivity index (χ0n) is 45.2. The molecule has 0 amide bonds. The maximum absolute atomic E-state index is 12.8. The van der Waals surface area contributed by atoms with Gasteiger partial charge in [-0.1, -0.05) is 239 Å². The minimum absolute atomic E-state index is 0.101. The molecule has 0 aliphatic heterocycles. The van der Waals surface area contributed by atoms with Crippen LogP contribution in [0.2, 0.25) is 0 Å². The van der Waals surface area contributed by atoms with E-state index in [-0.39, 0.29) is 37.5 Å². The summed E-state index contributed by atoms with van der Waals surface area (Å²) in [4.78, 5) is 38.1. The van der Waals surface area contributed by atoms with E-state index < -0.39 is 6.10 Å². The molecule has 6 nitrogen and oxygen atoms in total. The fourth-order valence-electron chi connectivity index (χ4n) is 7.49. The van der Waals surface area contributed by atoms with Crippen molar-refractivity contribution in [2.75, 3.05) is 13.2 Å². The summed E-state index contributed by atoms with van der Waals surface area (Å²) < 4.78 is 16.8. The molecule has 0 spiro atoms. The molecule has 0 aliphatic rings. The van der Waals surface area contributed by atoms with Crippen LogP contribution >= 0.6 is 0 Å². The van der Waals surface area contributed by atoms with E-state index in [1.807, 2.05) is 0 Å². The van der Waals surface area contributed by atoms with Crippen LogP contribution in [-0.4, -0.2) is 37.2 Å². The lowest BCUT2D eigenvalue weighted by Crippen LogP contribution is -2.30. The van der Waals surface area contributed by atoms with Crippen LogP contribution < -0.4 is 0 Å². The van der Waals surface area contributed by atoms with E-state index >= 15 is 0 Å². The summed E-state index contributed by atoms with van der Waals surface area (Å²) in [6.45, 7) is 6.35. The summed E-state index contributed by atoms with van der Waals surface area (Å²) >= 11 is 0. The van der Waals surface area contributed by atoms with Gasteiger partial charge in [0.05, 0.1) is 0 Å². The Hall–Kier alpha value is -4.19. The third-order valence-corrected chi connectivity index (χ3v) is 11.7. The molecule has 1 atom stereocenters. The van der Waals surface area contributed by atoms with Crippen molar-refractivity contribution in [2.45, 2.75) is 252 Å². The Bertz CT molecular complexity index is 1490. The lowest BCUT2D eigenvalue weighted by Gasteiger charge is -2.18. The number of unbranched alkanes of at least 4 members (excludes halogenated alkanes) is 19. The van der Waals surface area contributed by atoms with Gasteiger partial charge in [0, 0.05) is 19.3 Å². The number of carbonyl (C=O) groups excluding carboxylic acids is 3. The lowest BCUT2D eigenvalue weighted by molar-refractivity contribution is -0.167. The fourth-order valence-corrected chi connectivity index (χ4v) is 7.49. The van der Waals surface area contributed by atoms with Crippen LogP contribution in [-0.2, 0) is 28.6 Å².